The van der Waals surface area contributed by atoms with Crippen molar-refractivity contribution in [2.45, 2.75) is 31.6 Å². The van der Waals surface area contributed by atoms with Gasteiger partial charge in [-0.15, -0.1) is 0 Å². The van der Waals surface area contributed by atoms with Crippen molar-refractivity contribution >= 4 is 60.3 Å². The maximum atomic E-state index is 9.04. The number of aromatic nitrogens is 3. The van der Waals surface area contributed by atoms with Gasteiger partial charge in [0.05, 0.1) is 16.7 Å². The van der Waals surface area contributed by atoms with E-state index in [2.05, 4.69) is 89.3 Å². The number of benzene rings is 4. The van der Waals surface area contributed by atoms with Gasteiger partial charge in [0.2, 0.25) is 0 Å². The number of pyridine rings is 2. The van der Waals surface area contributed by atoms with E-state index in [9.17, 15) is 0 Å². The smallest absolute Gasteiger partial charge is 0.161 e. The Kier molecular flexibility index (Phi) is 4.11. The molecule has 0 N–H and O–H groups in total. The van der Waals surface area contributed by atoms with E-state index < -0.39 is 5.89 Å². The molecule has 4 heterocycles. The van der Waals surface area contributed by atoms with Crippen LogP contribution in [0.15, 0.2) is 102 Å². The van der Waals surface area contributed by atoms with Crippen molar-refractivity contribution in [3.63, 3.8) is 0 Å². The third-order valence-electron chi connectivity index (χ3n) is 8.54. The van der Waals surface area contributed by atoms with Crippen LogP contribution in [0.2, 0.25) is 0 Å². The van der Waals surface area contributed by atoms with Crippen LogP contribution in [0.4, 0.5) is 0 Å². The molecule has 1 fully saturated rings. The zero-order valence-electron chi connectivity index (χ0n) is 22.3. The molecule has 8 aromatic rings. The molecule has 186 valence electrons. The Morgan fingerprint density at radius 2 is 1.51 bits per heavy atom. The van der Waals surface area contributed by atoms with E-state index in [-0.39, 0.29) is 0 Å². The van der Waals surface area contributed by atoms with Gasteiger partial charge in [0.15, 0.2) is 5.58 Å². The van der Waals surface area contributed by atoms with Crippen LogP contribution in [0.1, 0.15) is 38.5 Å². The number of nitrogens with zero attached hydrogens (tertiary/aromatic N) is 3. The standard InChI is InChI=1S/C35H25N3O/c1-2-9-21(8-1)22-18-19-36-30(20-22)28-14-7-13-25-26-16-17-29-32(34(26)39-33(25)28)38-31-15-6-5-11-24(31)23-10-3-4-12-27(23)35(38)37-29/h3-7,10-21H,1-2,8-9H2/i21D. The third-order valence-corrected chi connectivity index (χ3v) is 8.54. The van der Waals surface area contributed by atoms with E-state index in [1.807, 2.05) is 12.3 Å². The Hall–Kier alpha value is -4.70. The van der Waals surface area contributed by atoms with Crippen molar-refractivity contribution in [1.29, 1.82) is 0 Å². The van der Waals surface area contributed by atoms with E-state index in [0.717, 1.165) is 92.0 Å². The first kappa shape index (κ1) is 20.3. The summed E-state index contributed by atoms with van der Waals surface area (Å²) >= 11 is 0. The average molecular weight is 505 g/mol. The van der Waals surface area contributed by atoms with Crippen LogP contribution in [0.25, 0.3) is 71.6 Å². The van der Waals surface area contributed by atoms with Gasteiger partial charge in [0.1, 0.15) is 16.7 Å². The number of hydrogen-bond donors (Lipinski definition) is 0. The molecule has 1 aliphatic carbocycles. The quantitative estimate of drug-likeness (QED) is 0.220. The van der Waals surface area contributed by atoms with Crippen molar-refractivity contribution in [2.24, 2.45) is 0 Å². The molecule has 9 rings (SSSR count). The first-order chi connectivity index (χ1) is 19.7. The molecular weight excluding hydrogens is 478 g/mol. The lowest BCUT2D eigenvalue weighted by molar-refractivity contribution is 0.672. The Bertz CT molecular complexity index is 2310. The van der Waals surface area contributed by atoms with Gasteiger partial charge >= 0.3 is 0 Å². The number of furan rings is 1. The summed E-state index contributed by atoms with van der Waals surface area (Å²) < 4.78 is 18.1. The maximum absolute atomic E-state index is 9.04. The summed E-state index contributed by atoms with van der Waals surface area (Å²) in [5.41, 5.74) is 8.44. The molecule has 0 radical (unpaired) electrons. The summed E-state index contributed by atoms with van der Waals surface area (Å²) in [6.07, 6.45) is 5.88. The highest BCUT2D eigenvalue weighted by Crippen LogP contribution is 2.41. The SMILES string of the molecule is [2H]C1(c2ccnc(-c3cccc4c3oc3c4ccc4nc5c6ccccc6c6ccccc6n5c43)c2)CCCC1. The minimum Gasteiger partial charge on any atom is -0.453 e. The number of imidazole rings is 1. The van der Waals surface area contributed by atoms with Crippen LogP contribution in [-0.4, -0.2) is 14.4 Å². The number of fused-ring (bicyclic) bond motifs is 12. The molecule has 4 nitrogen and oxygen atoms in total. The van der Waals surface area contributed by atoms with Crippen molar-refractivity contribution in [1.82, 2.24) is 14.4 Å². The maximum Gasteiger partial charge on any atom is 0.161 e. The molecule has 0 spiro atoms. The molecule has 0 atom stereocenters. The fraction of sp³-hybridized carbons (Fsp3) is 0.143. The van der Waals surface area contributed by atoms with Gasteiger partial charge in [0.25, 0.3) is 0 Å². The molecule has 1 aliphatic rings. The van der Waals surface area contributed by atoms with Gasteiger partial charge in [0, 0.05) is 34.7 Å². The first-order valence-electron chi connectivity index (χ1n) is 14.2. The van der Waals surface area contributed by atoms with Gasteiger partial charge in [-0.3, -0.25) is 9.38 Å². The molecule has 0 amide bonds. The normalized spacial score (nSPS) is 15.8. The van der Waals surface area contributed by atoms with Crippen LogP contribution in [0.3, 0.4) is 0 Å². The van der Waals surface area contributed by atoms with E-state index in [1.165, 1.54) is 10.8 Å². The van der Waals surface area contributed by atoms with Crippen molar-refractivity contribution in [3.8, 4) is 11.3 Å². The van der Waals surface area contributed by atoms with Crippen LogP contribution in [0, 0.1) is 0 Å². The van der Waals surface area contributed by atoms with Gasteiger partial charge in [-0.25, -0.2) is 4.98 Å². The molecule has 4 aromatic heterocycles. The lowest BCUT2D eigenvalue weighted by Gasteiger charge is -2.11. The van der Waals surface area contributed by atoms with Crippen LogP contribution < -0.4 is 0 Å². The molecular formula is C35H25N3O. The third kappa shape index (κ3) is 2.94. The lowest BCUT2D eigenvalue weighted by atomic mass is 9.96. The molecule has 1 saturated carbocycles. The van der Waals surface area contributed by atoms with E-state index in [4.69, 9.17) is 15.8 Å². The van der Waals surface area contributed by atoms with E-state index >= 15 is 0 Å². The molecule has 4 heteroatoms. The Morgan fingerprint density at radius 3 is 2.41 bits per heavy atom. The molecule has 0 unspecified atom stereocenters. The summed E-state index contributed by atoms with van der Waals surface area (Å²) in [7, 11) is 0. The van der Waals surface area contributed by atoms with Gasteiger partial charge in [-0.05, 0) is 66.1 Å². The topological polar surface area (TPSA) is 43.3 Å². The van der Waals surface area contributed by atoms with Gasteiger partial charge < -0.3 is 4.42 Å². The summed E-state index contributed by atoms with van der Waals surface area (Å²) in [5, 5.41) is 5.63. The minimum atomic E-state index is -0.522. The molecule has 0 bridgehead atoms. The largest absolute Gasteiger partial charge is 0.453 e. The molecule has 0 saturated heterocycles. The van der Waals surface area contributed by atoms with Crippen LogP contribution >= 0.6 is 0 Å². The summed E-state index contributed by atoms with van der Waals surface area (Å²) in [4.78, 5) is 9.88. The van der Waals surface area contributed by atoms with Crippen molar-refractivity contribution in [2.75, 3.05) is 0 Å². The fourth-order valence-corrected chi connectivity index (χ4v) is 6.73. The number of para-hydroxylation sites is 2. The highest BCUT2D eigenvalue weighted by Gasteiger charge is 2.22. The average Bonchev–Trinajstić information content (AvgIpc) is 3.73. The summed E-state index contributed by atoms with van der Waals surface area (Å²) in [6.45, 7) is 0. The first-order valence-corrected chi connectivity index (χ1v) is 13.7. The molecule has 39 heavy (non-hydrogen) atoms. The molecule has 0 aliphatic heterocycles. The molecule has 4 aromatic carbocycles. The number of hydrogen-bond acceptors (Lipinski definition) is 3. The summed E-state index contributed by atoms with van der Waals surface area (Å²) in [5.74, 6) is -0.522. The Morgan fingerprint density at radius 1 is 0.744 bits per heavy atom. The lowest BCUT2D eigenvalue weighted by Crippen LogP contribution is -1.94. The van der Waals surface area contributed by atoms with Crippen LogP contribution in [0.5, 0.6) is 0 Å². The highest BCUT2D eigenvalue weighted by atomic mass is 16.3. The minimum absolute atomic E-state index is 0.522. The Balaban J connectivity index is 1.38. The zero-order valence-corrected chi connectivity index (χ0v) is 21.3. The predicted molar refractivity (Wildman–Crippen MR) is 159 cm³/mol. The van der Waals surface area contributed by atoms with Crippen molar-refractivity contribution in [3.05, 3.63) is 103 Å². The van der Waals surface area contributed by atoms with Gasteiger partial charge in [-0.1, -0.05) is 67.4 Å². The van der Waals surface area contributed by atoms with Crippen molar-refractivity contribution < 1.29 is 5.79 Å². The zero-order chi connectivity index (χ0) is 26.4. The number of rotatable bonds is 2. The predicted octanol–water partition coefficient (Wildman–Crippen LogP) is 9.41. The van der Waals surface area contributed by atoms with Crippen LogP contribution in [-0.2, 0) is 0 Å². The van der Waals surface area contributed by atoms with E-state index in [0.29, 0.717) is 0 Å². The Labute approximate surface area is 225 Å². The second-order valence-corrected chi connectivity index (χ2v) is 10.7. The summed E-state index contributed by atoms with van der Waals surface area (Å²) in [6, 6.07) is 31.7. The fourth-order valence-electron chi connectivity index (χ4n) is 6.73. The highest BCUT2D eigenvalue weighted by molar-refractivity contribution is 6.20. The second kappa shape index (κ2) is 7.90. The second-order valence-electron chi connectivity index (χ2n) is 10.7. The van der Waals surface area contributed by atoms with Gasteiger partial charge in [-0.2, -0.15) is 0 Å². The monoisotopic (exact) mass is 504 g/mol. The van der Waals surface area contributed by atoms with E-state index in [1.54, 1.807) is 0 Å².